The van der Waals surface area contributed by atoms with Crippen LogP contribution in [0.15, 0.2) is 12.3 Å². The maximum Gasteiger partial charge on any atom is 0.269 e. The number of amides is 1. The third-order valence-corrected chi connectivity index (χ3v) is 4.88. The average molecular weight is 350 g/mol. The number of hydrogen-bond acceptors (Lipinski definition) is 7. The van der Waals surface area contributed by atoms with Gasteiger partial charge in [0, 0.05) is 57.4 Å². The first-order valence-corrected chi connectivity index (χ1v) is 8.80. The first-order valence-electron chi connectivity index (χ1n) is 8.02. The molecule has 0 bridgehead atoms. The first kappa shape index (κ1) is 16.8. The molecule has 9 heteroatoms. The third-order valence-electron chi connectivity index (χ3n) is 4.07. The van der Waals surface area contributed by atoms with Crippen molar-refractivity contribution in [2.24, 2.45) is 7.05 Å². The van der Waals surface area contributed by atoms with Crippen molar-refractivity contribution < 1.29 is 9.53 Å². The summed E-state index contributed by atoms with van der Waals surface area (Å²) in [6.07, 6.45) is 4.34. The van der Waals surface area contributed by atoms with Gasteiger partial charge < -0.3 is 15.0 Å². The van der Waals surface area contributed by atoms with Crippen molar-refractivity contribution in [3.8, 4) is 0 Å². The number of methoxy groups -OCH3 is 1. The van der Waals surface area contributed by atoms with Crippen LogP contribution in [-0.4, -0.2) is 57.9 Å². The molecule has 24 heavy (non-hydrogen) atoms. The van der Waals surface area contributed by atoms with Crippen LogP contribution < -0.4 is 10.2 Å². The molecule has 2 aromatic rings. The van der Waals surface area contributed by atoms with E-state index >= 15 is 0 Å². The van der Waals surface area contributed by atoms with Gasteiger partial charge in [0.25, 0.3) is 5.91 Å². The van der Waals surface area contributed by atoms with Crippen molar-refractivity contribution in [1.82, 2.24) is 24.5 Å². The van der Waals surface area contributed by atoms with Crippen LogP contribution in [0.5, 0.6) is 0 Å². The van der Waals surface area contributed by atoms with Gasteiger partial charge in [-0.3, -0.25) is 9.48 Å². The normalized spacial score (nSPS) is 17.9. The summed E-state index contributed by atoms with van der Waals surface area (Å²) in [5.41, 5.74) is 0.574. The van der Waals surface area contributed by atoms with E-state index in [1.165, 1.54) is 11.5 Å². The molecule has 1 aliphatic heterocycles. The standard InChI is InChI=1S/C15H22N6O2S/c1-20-12(5-7-16-20)14(22)17-11-4-3-8-21(10-11)15-18-13(19-24-15)6-9-23-2/h5,7,11H,3-4,6,8-10H2,1-2H3,(H,17,22). The molecular weight excluding hydrogens is 328 g/mol. The zero-order valence-corrected chi connectivity index (χ0v) is 14.8. The van der Waals surface area contributed by atoms with Crippen molar-refractivity contribution >= 4 is 22.6 Å². The summed E-state index contributed by atoms with van der Waals surface area (Å²) in [5, 5.41) is 8.05. The van der Waals surface area contributed by atoms with Crippen LogP contribution in [-0.2, 0) is 18.2 Å². The number of carbonyl (C=O) groups excluding carboxylic acids is 1. The Hall–Kier alpha value is -2.00. The van der Waals surface area contributed by atoms with Gasteiger partial charge in [-0.25, -0.2) is 4.98 Å². The highest BCUT2D eigenvalue weighted by molar-refractivity contribution is 7.09. The molecule has 1 aliphatic rings. The van der Waals surface area contributed by atoms with Crippen LogP contribution >= 0.6 is 11.5 Å². The highest BCUT2D eigenvalue weighted by Crippen LogP contribution is 2.22. The largest absolute Gasteiger partial charge is 0.384 e. The number of nitrogens with one attached hydrogen (secondary N) is 1. The smallest absolute Gasteiger partial charge is 0.269 e. The fourth-order valence-corrected chi connectivity index (χ4v) is 3.54. The van der Waals surface area contributed by atoms with E-state index < -0.39 is 0 Å². The van der Waals surface area contributed by atoms with Gasteiger partial charge >= 0.3 is 0 Å². The van der Waals surface area contributed by atoms with Gasteiger partial charge in [-0.2, -0.15) is 9.47 Å². The van der Waals surface area contributed by atoms with Crippen LogP contribution in [0, 0.1) is 0 Å². The zero-order valence-electron chi connectivity index (χ0n) is 13.9. The maximum absolute atomic E-state index is 12.3. The predicted molar refractivity (Wildman–Crippen MR) is 91.4 cm³/mol. The summed E-state index contributed by atoms with van der Waals surface area (Å²) in [6.45, 7) is 2.32. The van der Waals surface area contributed by atoms with E-state index in [1.54, 1.807) is 31.1 Å². The molecule has 3 rings (SSSR count). The van der Waals surface area contributed by atoms with E-state index in [0.717, 1.165) is 43.3 Å². The van der Waals surface area contributed by atoms with E-state index in [9.17, 15) is 4.79 Å². The highest BCUT2D eigenvalue weighted by Gasteiger charge is 2.24. The molecule has 8 nitrogen and oxygen atoms in total. The summed E-state index contributed by atoms with van der Waals surface area (Å²) in [5.74, 6) is 0.734. The second kappa shape index (κ2) is 7.71. The van der Waals surface area contributed by atoms with Gasteiger partial charge in [0.05, 0.1) is 6.61 Å². The minimum absolute atomic E-state index is 0.0834. The van der Waals surface area contributed by atoms with Gasteiger partial charge in [0.15, 0.2) is 0 Å². The van der Waals surface area contributed by atoms with Crippen molar-refractivity contribution in [2.75, 3.05) is 31.7 Å². The zero-order chi connectivity index (χ0) is 16.9. The number of aryl methyl sites for hydroxylation is 1. The topological polar surface area (TPSA) is 85.2 Å². The van der Waals surface area contributed by atoms with Gasteiger partial charge in [-0.1, -0.05) is 0 Å². The fourth-order valence-electron chi connectivity index (χ4n) is 2.79. The summed E-state index contributed by atoms with van der Waals surface area (Å²) in [7, 11) is 3.44. The Bertz CT molecular complexity index is 685. The lowest BCUT2D eigenvalue weighted by molar-refractivity contribution is 0.0923. The lowest BCUT2D eigenvalue weighted by Gasteiger charge is -2.32. The predicted octanol–water partition coefficient (Wildman–Crippen LogP) is 0.859. The van der Waals surface area contributed by atoms with Crippen LogP contribution in [0.3, 0.4) is 0 Å². The summed E-state index contributed by atoms with van der Waals surface area (Å²) < 4.78 is 11.0. The Labute approximate surface area is 145 Å². The quantitative estimate of drug-likeness (QED) is 0.832. The Morgan fingerprint density at radius 2 is 2.42 bits per heavy atom. The van der Waals surface area contributed by atoms with Crippen LogP contribution in [0.1, 0.15) is 29.2 Å². The number of nitrogens with zero attached hydrogens (tertiary/aromatic N) is 5. The van der Waals surface area contributed by atoms with Crippen molar-refractivity contribution in [3.05, 3.63) is 23.8 Å². The maximum atomic E-state index is 12.3. The number of rotatable bonds is 6. The lowest BCUT2D eigenvalue weighted by Crippen LogP contribution is -2.48. The summed E-state index contributed by atoms with van der Waals surface area (Å²) >= 11 is 1.41. The summed E-state index contributed by atoms with van der Waals surface area (Å²) in [6, 6.07) is 1.83. The average Bonchev–Trinajstić information content (AvgIpc) is 3.22. The second-order valence-electron chi connectivity index (χ2n) is 5.83. The van der Waals surface area contributed by atoms with Gasteiger partial charge in [-0.15, -0.1) is 0 Å². The first-order chi connectivity index (χ1) is 11.7. The van der Waals surface area contributed by atoms with Crippen molar-refractivity contribution in [3.63, 3.8) is 0 Å². The molecule has 0 aliphatic carbocycles. The molecular formula is C15H22N6O2S. The molecule has 130 valence electrons. The van der Waals surface area contributed by atoms with Crippen molar-refractivity contribution in [1.29, 1.82) is 0 Å². The molecule has 2 aromatic heterocycles. The summed E-state index contributed by atoms with van der Waals surface area (Å²) in [4.78, 5) is 19.1. The fraction of sp³-hybridized carbons (Fsp3) is 0.600. The van der Waals surface area contributed by atoms with Crippen LogP contribution in [0.25, 0.3) is 0 Å². The van der Waals surface area contributed by atoms with Gasteiger partial charge in [-0.05, 0) is 18.9 Å². The number of carbonyl (C=O) groups is 1. The second-order valence-corrected chi connectivity index (χ2v) is 6.56. The molecule has 1 unspecified atom stereocenters. The van der Waals surface area contributed by atoms with E-state index in [4.69, 9.17) is 4.74 Å². The number of piperidine rings is 1. The van der Waals surface area contributed by atoms with Crippen LogP contribution in [0.2, 0.25) is 0 Å². The molecule has 1 saturated heterocycles. The number of anilines is 1. The molecule has 1 fully saturated rings. The molecule has 1 N–H and O–H groups in total. The van der Waals surface area contributed by atoms with Crippen LogP contribution in [0.4, 0.5) is 5.13 Å². The Morgan fingerprint density at radius 1 is 1.54 bits per heavy atom. The molecule has 0 spiro atoms. The molecule has 0 saturated carbocycles. The highest BCUT2D eigenvalue weighted by atomic mass is 32.1. The van der Waals surface area contributed by atoms with E-state index in [1.807, 2.05) is 0 Å². The monoisotopic (exact) mass is 350 g/mol. The number of hydrogen-bond donors (Lipinski definition) is 1. The lowest BCUT2D eigenvalue weighted by atomic mass is 10.1. The molecule has 3 heterocycles. The van der Waals surface area contributed by atoms with E-state index in [0.29, 0.717) is 12.3 Å². The van der Waals surface area contributed by atoms with E-state index in [2.05, 4.69) is 24.7 Å². The molecule has 1 atom stereocenters. The minimum atomic E-state index is -0.0834. The van der Waals surface area contributed by atoms with Crippen molar-refractivity contribution in [2.45, 2.75) is 25.3 Å². The Kier molecular flexibility index (Phi) is 5.41. The molecule has 1 amide bonds. The third kappa shape index (κ3) is 3.90. The molecule has 0 aromatic carbocycles. The SMILES string of the molecule is COCCc1nsc(N2CCCC(NC(=O)c3ccnn3C)C2)n1. The van der Waals surface area contributed by atoms with Gasteiger partial charge in [0.2, 0.25) is 5.13 Å². The van der Waals surface area contributed by atoms with Gasteiger partial charge in [0.1, 0.15) is 11.5 Å². The number of ether oxygens (including phenoxy) is 1. The van der Waals surface area contributed by atoms with E-state index in [-0.39, 0.29) is 11.9 Å². The Balaban J connectivity index is 1.59. The molecule has 0 radical (unpaired) electrons. The minimum Gasteiger partial charge on any atom is -0.384 e. The number of aromatic nitrogens is 4. The Morgan fingerprint density at radius 3 is 3.17 bits per heavy atom.